The monoisotopic (exact) mass is 347 g/mol. The summed E-state index contributed by atoms with van der Waals surface area (Å²) in [5.74, 6) is -1.46. The highest BCUT2D eigenvalue weighted by molar-refractivity contribution is 9.11. The minimum Gasteiger partial charge on any atom is -0.286 e. The predicted octanol–water partition coefficient (Wildman–Crippen LogP) is 3.62. The molecule has 0 aliphatic rings. The van der Waals surface area contributed by atoms with E-state index in [0.717, 1.165) is 0 Å². The van der Waals surface area contributed by atoms with E-state index < -0.39 is 11.2 Å². The van der Waals surface area contributed by atoms with E-state index in [9.17, 15) is 13.6 Å². The fourth-order valence-electron chi connectivity index (χ4n) is 0.740. The molecule has 0 N–H and O–H groups in total. The Morgan fingerprint density at radius 3 is 2.57 bits per heavy atom. The van der Waals surface area contributed by atoms with Gasteiger partial charge in [0.1, 0.15) is 4.60 Å². The van der Waals surface area contributed by atoms with Crippen LogP contribution in [0.5, 0.6) is 0 Å². The van der Waals surface area contributed by atoms with Crippen molar-refractivity contribution in [3.8, 4) is 0 Å². The van der Waals surface area contributed by atoms with Crippen LogP contribution in [0.1, 0.15) is 10.4 Å². The van der Waals surface area contributed by atoms with Crippen LogP contribution < -0.4 is 0 Å². The zero-order chi connectivity index (χ0) is 10.9. The van der Waals surface area contributed by atoms with Gasteiger partial charge >= 0.3 is 5.38 Å². The summed E-state index contributed by atoms with van der Waals surface area (Å²) in [7, 11) is 0. The van der Waals surface area contributed by atoms with Crippen LogP contribution in [-0.2, 0) is 0 Å². The van der Waals surface area contributed by atoms with Crippen molar-refractivity contribution in [2.24, 2.45) is 0 Å². The maximum Gasteiger partial charge on any atom is 0.384 e. The first-order valence-electron chi connectivity index (χ1n) is 3.25. The van der Waals surface area contributed by atoms with Gasteiger partial charge in [0.25, 0.3) is 0 Å². The van der Waals surface area contributed by atoms with E-state index in [1.54, 1.807) is 0 Å². The summed E-state index contributed by atoms with van der Waals surface area (Å²) >= 11 is 10.5. The van der Waals surface area contributed by atoms with Crippen LogP contribution in [-0.4, -0.2) is 16.1 Å². The summed E-state index contributed by atoms with van der Waals surface area (Å²) in [6.07, 6.45) is 1.24. The number of hydrogen-bond donors (Lipinski definition) is 0. The molecule has 1 aromatic rings. The molecule has 0 aromatic carbocycles. The summed E-state index contributed by atoms with van der Waals surface area (Å²) in [6.45, 7) is 0. The van der Waals surface area contributed by atoms with Crippen molar-refractivity contribution >= 4 is 49.2 Å². The third-order valence-corrected chi connectivity index (χ3v) is 2.56. The summed E-state index contributed by atoms with van der Waals surface area (Å²) in [6, 6.07) is 1.17. The minimum atomic E-state index is -3.90. The Bertz CT molecular complexity index is 380. The molecule has 0 spiro atoms. The molecular weight excluding hydrogens is 347 g/mol. The number of halogens is 5. The van der Waals surface area contributed by atoms with Crippen molar-refractivity contribution < 1.29 is 13.6 Å². The third kappa shape index (κ3) is 2.71. The molecular formula is C7H2Br2ClF2NO. The van der Waals surface area contributed by atoms with Gasteiger partial charge in [-0.05, 0) is 49.5 Å². The van der Waals surface area contributed by atoms with E-state index in [1.807, 2.05) is 0 Å². The highest BCUT2D eigenvalue weighted by Crippen LogP contribution is 2.29. The molecule has 0 fully saturated rings. The molecule has 2 nitrogen and oxygen atoms in total. The average Bonchev–Trinajstić information content (AvgIpc) is 2.06. The zero-order valence-electron chi connectivity index (χ0n) is 6.40. The van der Waals surface area contributed by atoms with E-state index in [0.29, 0.717) is 0 Å². The molecule has 1 heterocycles. The summed E-state index contributed by atoms with van der Waals surface area (Å²) in [5.41, 5.74) is -0.216. The van der Waals surface area contributed by atoms with Crippen molar-refractivity contribution in [1.82, 2.24) is 4.98 Å². The summed E-state index contributed by atoms with van der Waals surface area (Å²) in [4.78, 5) is 14.8. The average molecular weight is 349 g/mol. The van der Waals surface area contributed by atoms with Gasteiger partial charge < -0.3 is 0 Å². The van der Waals surface area contributed by atoms with Gasteiger partial charge in [0.15, 0.2) is 0 Å². The molecule has 76 valence electrons. The second-order valence-electron chi connectivity index (χ2n) is 2.31. The number of Topliss-reactive ketones (excluding diaryl/α,β-unsaturated/α-hetero) is 1. The van der Waals surface area contributed by atoms with Gasteiger partial charge in [0.05, 0.1) is 0 Å². The van der Waals surface area contributed by atoms with Crippen molar-refractivity contribution in [3.05, 3.63) is 26.9 Å². The van der Waals surface area contributed by atoms with Gasteiger partial charge in [-0.1, -0.05) is 0 Å². The molecule has 0 aliphatic heterocycles. The maximum atomic E-state index is 12.5. The Kier molecular flexibility index (Phi) is 3.60. The molecule has 0 amide bonds. The number of carbonyl (C=O) groups excluding carboxylic acids is 1. The lowest BCUT2D eigenvalue weighted by Gasteiger charge is -2.07. The zero-order valence-corrected chi connectivity index (χ0v) is 10.3. The third-order valence-electron chi connectivity index (χ3n) is 1.32. The van der Waals surface area contributed by atoms with Crippen LogP contribution in [0.25, 0.3) is 0 Å². The first-order chi connectivity index (χ1) is 6.32. The van der Waals surface area contributed by atoms with Gasteiger partial charge in [0.2, 0.25) is 5.78 Å². The number of nitrogens with zero attached hydrogens (tertiary/aromatic N) is 1. The molecule has 0 saturated heterocycles. The molecule has 14 heavy (non-hydrogen) atoms. The van der Waals surface area contributed by atoms with E-state index in [1.165, 1.54) is 12.3 Å². The van der Waals surface area contributed by atoms with Crippen molar-refractivity contribution in [3.63, 3.8) is 0 Å². The number of alkyl halides is 3. The lowest BCUT2D eigenvalue weighted by molar-refractivity contribution is 0.0535. The number of carbonyl (C=O) groups is 1. The van der Waals surface area contributed by atoms with Gasteiger partial charge in [-0.15, -0.1) is 0 Å². The fraction of sp³-hybridized carbons (Fsp3) is 0.143. The van der Waals surface area contributed by atoms with E-state index in [-0.39, 0.29) is 14.6 Å². The fourth-order valence-corrected chi connectivity index (χ4v) is 1.57. The Hall–Kier alpha value is -0.0700. The second-order valence-corrected chi connectivity index (χ2v) is 4.46. The molecule has 0 radical (unpaired) electrons. The maximum absolute atomic E-state index is 12.5. The molecule has 0 aliphatic carbocycles. The molecule has 1 rings (SSSR count). The Morgan fingerprint density at radius 2 is 2.07 bits per heavy atom. The normalized spacial score (nSPS) is 11.5. The van der Waals surface area contributed by atoms with Gasteiger partial charge in [-0.2, -0.15) is 8.78 Å². The smallest absolute Gasteiger partial charge is 0.286 e. The van der Waals surface area contributed by atoms with E-state index in [2.05, 4.69) is 48.4 Å². The minimum absolute atomic E-state index is 0.172. The number of pyridine rings is 1. The van der Waals surface area contributed by atoms with Crippen LogP contribution in [0.15, 0.2) is 21.3 Å². The van der Waals surface area contributed by atoms with Gasteiger partial charge in [-0.25, -0.2) is 4.98 Å². The summed E-state index contributed by atoms with van der Waals surface area (Å²) < 4.78 is 25.4. The van der Waals surface area contributed by atoms with Gasteiger partial charge in [0, 0.05) is 16.2 Å². The highest BCUT2D eigenvalue weighted by atomic mass is 79.9. The van der Waals surface area contributed by atoms with Crippen LogP contribution >= 0.6 is 43.5 Å². The first-order valence-corrected chi connectivity index (χ1v) is 5.21. The standard InChI is InChI=1S/C7H2Br2ClF2NO/c8-4-2-13-5(9)1-3(4)6(14)7(10,11)12/h1-2H. The van der Waals surface area contributed by atoms with Gasteiger partial charge in [-0.3, -0.25) is 4.79 Å². The molecule has 1 aromatic heterocycles. The number of hydrogen-bond acceptors (Lipinski definition) is 2. The van der Waals surface area contributed by atoms with Crippen LogP contribution in [0, 0.1) is 0 Å². The van der Waals surface area contributed by atoms with Crippen LogP contribution in [0.2, 0.25) is 0 Å². The topological polar surface area (TPSA) is 30.0 Å². The first kappa shape index (κ1) is 12.0. The number of ketones is 1. The van der Waals surface area contributed by atoms with E-state index in [4.69, 9.17) is 0 Å². The van der Waals surface area contributed by atoms with Crippen LogP contribution in [0.3, 0.4) is 0 Å². The number of aromatic nitrogens is 1. The van der Waals surface area contributed by atoms with Crippen molar-refractivity contribution in [2.75, 3.05) is 0 Å². The SMILES string of the molecule is O=C(c1cc(Br)ncc1Br)C(F)(F)Cl. The quantitative estimate of drug-likeness (QED) is 0.464. The van der Waals surface area contributed by atoms with Crippen molar-refractivity contribution in [1.29, 1.82) is 0 Å². The molecule has 0 bridgehead atoms. The molecule has 0 unspecified atom stereocenters. The second kappa shape index (κ2) is 4.20. The Morgan fingerprint density at radius 1 is 1.50 bits per heavy atom. The van der Waals surface area contributed by atoms with E-state index >= 15 is 0 Å². The lowest BCUT2D eigenvalue weighted by atomic mass is 10.2. The van der Waals surface area contributed by atoms with Crippen LogP contribution in [0.4, 0.5) is 8.78 Å². The number of rotatable bonds is 2. The Labute approximate surface area is 99.9 Å². The molecule has 0 atom stereocenters. The largest absolute Gasteiger partial charge is 0.384 e. The molecule has 7 heteroatoms. The molecule has 0 saturated carbocycles. The lowest BCUT2D eigenvalue weighted by Crippen LogP contribution is -2.22. The van der Waals surface area contributed by atoms with Crippen molar-refractivity contribution in [2.45, 2.75) is 5.38 Å². The Balaban J connectivity index is 3.19. The summed E-state index contributed by atoms with van der Waals surface area (Å²) in [5, 5.41) is -3.90. The predicted molar refractivity (Wildman–Crippen MR) is 54.8 cm³/mol. The highest BCUT2D eigenvalue weighted by Gasteiger charge is 2.37.